The molecule has 2 fully saturated rings. The number of nitrogens with zero attached hydrogens (tertiary/aromatic N) is 6. The molecule has 2 aromatic heterocycles. The Bertz CT molecular complexity index is 1200. The molecule has 35 heavy (non-hydrogen) atoms. The SMILES string of the molecule is Cn1c(SCCCN2CC3CCN(c4c(F)cccc4F)C3C2)nnc1-c1ccc(C(N)=O)nc1. The Kier molecular flexibility index (Phi) is 6.70. The normalized spacial score (nSPS) is 19.9. The van der Waals surface area contributed by atoms with Crippen molar-refractivity contribution in [3.8, 4) is 11.4 Å². The predicted molar refractivity (Wildman–Crippen MR) is 130 cm³/mol. The summed E-state index contributed by atoms with van der Waals surface area (Å²) in [6, 6.07) is 7.57. The third-order valence-electron chi connectivity index (χ3n) is 6.81. The molecule has 0 saturated carbocycles. The van der Waals surface area contributed by atoms with Gasteiger partial charge >= 0.3 is 0 Å². The van der Waals surface area contributed by atoms with Gasteiger partial charge in [0.25, 0.3) is 5.91 Å². The van der Waals surface area contributed by atoms with Crippen molar-refractivity contribution in [2.75, 3.05) is 36.8 Å². The number of halogens is 2. The van der Waals surface area contributed by atoms with Crippen LogP contribution >= 0.6 is 11.8 Å². The third kappa shape index (κ3) is 4.74. The molecule has 0 bridgehead atoms. The summed E-state index contributed by atoms with van der Waals surface area (Å²) >= 11 is 1.64. The minimum Gasteiger partial charge on any atom is -0.364 e. The molecule has 2 atom stereocenters. The number of fused-ring (bicyclic) bond motifs is 1. The smallest absolute Gasteiger partial charge is 0.267 e. The Hall–Kier alpha value is -3.05. The van der Waals surface area contributed by atoms with Gasteiger partial charge in [-0.1, -0.05) is 17.8 Å². The summed E-state index contributed by atoms with van der Waals surface area (Å²) in [5.74, 6) is 0.453. The maximum Gasteiger partial charge on any atom is 0.267 e. The number of hydrogen-bond acceptors (Lipinski definition) is 7. The van der Waals surface area contributed by atoms with Gasteiger partial charge < -0.3 is 20.1 Å². The fourth-order valence-electron chi connectivity index (χ4n) is 5.09. The number of para-hydroxylation sites is 1. The van der Waals surface area contributed by atoms with E-state index >= 15 is 0 Å². The standard InChI is InChI=1S/C24H27F2N7OS/c1-31-23(15-6-7-19(22(27)34)28-12-15)29-30-24(31)35-11-3-9-32-13-16-8-10-33(20(16)14-32)21-17(25)4-2-5-18(21)26/h2,4-7,12,16,20H,3,8-11,13-14H2,1H3,(H2,27,34). The lowest BCUT2D eigenvalue weighted by molar-refractivity contribution is 0.0995. The fraction of sp³-hybridized carbons (Fsp3) is 0.417. The highest BCUT2D eigenvalue weighted by molar-refractivity contribution is 7.99. The number of likely N-dealkylation sites (tertiary alicyclic amines) is 1. The first-order valence-corrected chi connectivity index (χ1v) is 12.6. The lowest BCUT2D eigenvalue weighted by Crippen LogP contribution is -2.36. The van der Waals surface area contributed by atoms with E-state index in [-0.39, 0.29) is 17.4 Å². The monoisotopic (exact) mass is 499 g/mol. The molecule has 184 valence electrons. The zero-order valence-electron chi connectivity index (χ0n) is 19.4. The second-order valence-electron chi connectivity index (χ2n) is 9.00. The number of anilines is 1. The molecule has 3 aromatic rings. The van der Waals surface area contributed by atoms with Crippen LogP contribution in [0.25, 0.3) is 11.4 Å². The minimum atomic E-state index is -0.570. The molecule has 8 nitrogen and oxygen atoms in total. The molecule has 5 rings (SSSR count). The summed E-state index contributed by atoms with van der Waals surface area (Å²) in [5, 5.41) is 9.36. The Morgan fingerprint density at radius 1 is 1.17 bits per heavy atom. The van der Waals surface area contributed by atoms with Crippen LogP contribution in [-0.2, 0) is 7.05 Å². The van der Waals surface area contributed by atoms with Gasteiger partial charge in [-0.15, -0.1) is 10.2 Å². The molecule has 4 heterocycles. The number of pyridine rings is 1. The van der Waals surface area contributed by atoms with Crippen LogP contribution in [-0.4, -0.2) is 68.5 Å². The Balaban J connectivity index is 1.13. The van der Waals surface area contributed by atoms with Gasteiger partial charge in [0.05, 0.1) is 0 Å². The van der Waals surface area contributed by atoms with Crippen molar-refractivity contribution >= 4 is 23.4 Å². The highest BCUT2D eigenvalue weighted by atomic mass is 32.2. The highest BCUT2D eigenvalue weighted by Gasteiger charge is 2.42. The number of amides is 1. The Morgan fingerprint density at radius 3 is 2.69 bits per heavy atom. The number of nitrogens with two attached hydrogens (primary N) is 1. The average Bonchev–Trinajstić information content (AvgIpc) is 3.52. The van der Waals surface area contributed by atoms with Crippen molar-refractivity contribution in [2.45, 2.75) is 24.0 Å². The van der Waals surface area contributed by atoms with Crippen LogP contribution < -0.4 is 10.6 Å². The topological polar surface area (TPSA) is 93.2 Å². The molecule has 2 unspecified atom stereocenters. The van der Waals surface area contributed by atoms with Crippen LogP contribution in [0.1, 0.15) is 23.3 Å². The van der Waals surface area contributed by atoms with Gasteiger partial charge in [0.2, 0.25) is 0 Å². The Labute approximate surface area is 206 Å². The summed E-state index contributed by atoms with van der Waals surface area (Å²) in [6.45, 7) is 3.42. The summed E-state index contributed by atoms with van der Waals surface area (Å²) in [7, 11) is 1.90. The van der Waals surface area contributed by atoms with Gasteiger partial charge in [-0.05, 0) is 49.6 Å². The predicted octanol–water partition coefficient (Wildman–Crippen LogP) is 2.95. The molecular formula is C24H27F2N7OS. The third-order valence-corrected chi connectivity index (χ3v) is 7.91. The van der Waals surface area contributed by atoms with Crippen LogP contribution in [0.2, 0.25) is 0 Å². The van der Waals surface area contributed by atoms with E-state index in [0.29, 0.717) is 18.3 Å². The van der Waals surface area contributed by atoms with E-state index in [1.807, 2.05) is 16.5 Å². The summed E-state index contributed by atoms with van der Waals surface area (Å²) in [6.07, 6.45) is 3.50. The van der Waals surface area contributed by atoms with Crippen molar-refractivity contribution in [3.63, 3.8) is 0 Å². The molecule has 2 aliphatic heterocycles. The van der Waals surface area contributed by atoms with Gasteiger partial charge in [0.15, 0.2) is 11.0 Å². The van der Waals surface area contributed by atoms with Crippen LogP contribution in [0.3, 0.4) is 0 Å². The summed E-state index contributed by atoms with van der Waals surface area (Å²) < 4.78 is 30.6. The van der Waals surface area contributed by atoms with E-state index in [2.05, 4.69) is 20.1 Å². The summed E-state index contributed by atoms with van der Waals surface area (Å²) in [4.78, 5) is 19.6. The molecule has 0 radical (unpaired) electrons. The van der Waals surface area contributed by atoms with Crippen molar-refractivity contribution in [3.05, 3.63) is 53.9 Å². The van der Waals surface area contributed by atoms with E-state index in [4.69, 9.17) is 5.73 Å². The number of carbonyl (C=O) groups excluding carboxylic acids is 1. The second kappa shape index (κ2) is 9.90. The second-order valence-corrected chi connectivity index (χ2v) is 10.1. The molecule has 2 N–H and O–H groups in total. The van der Waals surface area contributed by atoms with Gasteiger partial charge in [0.1, 0.15) is 23.0 Å². The number of benzene rings is 1. The molecule has 0 aliphatic carbocycles. The van der Waals surface area contributed by atoms with E-state index in [9.17, 15) is 13.6 Å². The van der Waals surface area contributed by atoms with E-state index in [0.717, 1.165) is 48.9 Å². The lowest BCUT2D eigenvalue weighted by Gasteiger charge is -2.27. The van der Waals surface area contributed by atoms with Crippen molar-refractivity contribution in [1.82, 2.24) is 24.6 Å². The zero-order valence-corrected chi connectivity index (χ0v) is 20.2. The van der Waals surface area contributed by atoms with Crippen LogP contribution in [0.4, 0.5) is 14.5 Å². The fourth-order valence-corrected chi connectivity index (χ4v) is 5.92. The van der Waals surface area contributed by atoms with Crippen LogP contribution in [0.5, 0.6) is 0 Å². The first-order chi connectivity index (χ1) is 16.9. The van der Waals surface area contributed by atoms with Gasteiger partial charge in [-0.2, -0.15) is 0 Å². The van der Waals surface area contributed by atoms with E-state index in [1.54, 1.807) is 30.1 Å². The lowest BCUT2D eigenvalue weighted by atomic mass is 10.0. The zero-order chi connectivity index (χ0) is 24.5. The van der Waals surface area contributed by atoms with Gasteiger partial charge in [-0.25, -0.2) is 8.78 Å². The maximum absolute atomic E-state index is 14.3. The number of carbonyl (C=O) groups is 1. The first-order valence-electron chi connectivity index (χ1n) is 11.6. The molecule has 0 spiro atoms. The largest absolute Gasteiger partial charge is 0.364 e. The van der Waals surface area contributed by atoms with Crippen LogP contribution in [0, 0.1) is 17.6 Å². The number of primary amides is 1. The maximum atomic E-state index is 14.3. The number of aromatic nitrogens is 4. The molecule has 2 aliphatic rings. The van der Waals surface area contributed by atoms with E-state index < -0.39 is 17.5 Å². The number of thioether (sulfide) groups is 1. The molecule has 1 amide bonds. The average molecular weight is 500 g/mol. The molecule has 11 heteroatoms. The Morgan fingerprint density at radius 2 is 1.97 bits per heavy atom. The quantitative estimate of drug-likeness (QED) is 0.376. The van der Waals surface area contributed by atoms with Crippen molar-refractivity contribution < 1.29 is 13.6 Å². The minimum absolute atomic E-state index is 0.120. The first kappa shape index (κ1) is 23.7. The highest BCUT2D eigenvalue weighted by Crippen LogP contribution is 2.37. The number of hydrogen-bond donors (Lipinski definition) is 1. The van der Waals surface area contributed by atoms with Crippen molar-refractivity contribution in [1.29, 1.82) is 0 Å². The molecule has 1 aromatic carbocycles. The molecular weight excluding hydrogens is 472 g/mol. The number of rotatable bonds is 8. The van der Waals surface area contributed by atoms with E-state index in [1.165, 1.54) is 18.2 Å². The van der Waals surface area contributed by atoms with Gasteiger partial charge in [0, 0.05) is 50.2 Å². The molecule has 2 saturated heterocycles. The van der Waals surface area contributed by atoms with Crippen LogP contribution in [0.15, 0.2) is 41.7 Å². The van der Waals surface area contributed by atoms with Gasteiger partial charge in [-0.3, -0.25) is 9.78 Å². The van der Waals surface area contributed by atoms with Crippen molar-refractivity contribution in [2.24, 2.45) is 18.7 Å². The summed E-state index contributed by atoms with van der Waals surface area (Å²) in [5.41, 5.74) is 6.34.